The molecule has 0 N–H and O–H groups in total. The maximum atomic E-state index is 5.16. The highest BCUT2D eigenvalue weighted by atomic mass is 32.1. The molecule has 3 heterocycles. The zero-order valence-corrected chi connectivity index (χ0v) is 25.9. The third-order valence-corrected chi connectivity index (χ3v) is 9.11. The summed E-state index contributed by atoms with van der Waals surface area (Å²) in [6, 6.07) is 52.1. The van der Waals surface area contributed by atoms with Crippen LogP contribution < -0.4 is 0 Å². The first-order chi connectivity index (χ1) is 23.3. The molecular formula is C41H25N5S. The Kier molecular flexibility index (Phi) is 6.58. The summed E-state index contributed by atoms with van der Waals surface area (Å²) in [5.41, 5.74) is 11.8. The summed E-state index contributed by atoms with van der Waals surface area (Å²) in [5.74, 6) is 0.706. The molecule has 6 aromatic carbocycles. The first kappa shape index (κ1) is 27.2. The second-order valence-electron chi connectivity index (χ2n) is 11.4. The number of rotatable bonds is 5. The first-order valence-electron chi connectivity index (χ1n) is 15.4. The molecule has 0 spiro atoms. The van der Waals surface area contributed by atoms with Crippen molar-refractivity contribution in [2.45, 2.75) is 0 Å². The van der Waals surface area contributed by atoms with Crippen molar-refractivity contribution >= 4 is 44.4 Å². The fraction of sp³-hybridized carbons (Fsp3) is 0. The highest BCUT2D eigenvalue weighted by molar-refractivity contribution is 7.00. The molecule has 0 bridgehead atoms. The summed E-state index contributed by atoms with van der Waals surface area (Å²) in [4.78, 5) is 15.1. The Bertz CT molecular complexity index is 2490. The van der Waals surface area contributed by atoms with Crippen LogP contribution in [0.3, 0.4) is 0 Å². The Hall–Kier alpha value is -6.11. The second kappa shape index (κ2) is 11.4. The van der Waals surface area contributed by atoms with Gasteiger partial charge in [0, 0.05) is 38.4 Å². The number of benzene rings is 6. The lowest BCUT2D eigenvalue weighted by Gasteiger charge is -2.12. The van der Waals surface area contributed by atoms with Crippen molar-refractivity contribution in [2.75, 3.05) is 0 Å². The number of hydrogen-bond donors (Lipinski definition) is 0. The van der Waals surface area contributed by atoms with E-state index in [1.54, 1.807) is 0 Å². The fourth-order valence-corrected chi connectivity index (χ4v) is 6.78. The quantitative estimate of drug-likeness (QED) is 0.179. The summed E-state index contributed by atoms with van der Waals surface area (Å²) >= 11 is 1.25. The molecular weight excluding hydrogens is 595 g/mol. The lowest BCUT2D eigenvalue weighted by Crippen LogP contribution is -1.95. The summed E-state index contributed by atoms with van der Waals surface area (Å²) < 4.78 is 9.28. The molecule has 0 radical (unpaired) electrons. The Balaban J connectivity index is 1.16. The topological polar surface area (TPSA) is 64.5 Å². The normalized spacial score (nSPS) is 11.4. The SMILES string of the molecule is c1ccc(-c2cc(-c3ccc(-c4ccc5nc(-c6ccccc6)c6ccc7nsnc7c6c5c4)cc3)nc(-c3ccccc3)n2)cc1. The van der Waals surface area contributed by atoms with Gasteiger partial charge in [0.25, 0.3) is 0 Å². The number of hydrogen-bond acceptors (Lipinski definition) is 6. The molecule has 0 aliphatic heterocycles. The minimum atomic E-state index is 0.706. The monoisotopic (exact) mass is 619 g/mol. The standard InChI is InChI=1S/C41H25N5S/c1-4-10-27(11-5-1)36-25-37(44-41(43-36)30-14-8-3-9-15-30)28-18-16-26(17-19-28)31-20-22-34-33(24-31)38-32(21-23-35-40(38)46-47-45-35)39(42-34)29-12-6-2-7-13-29/h1-25H. The molecule has 0 saturated heterocycles. The third kappa shape index (κ3) is 4.92. The molecule has 0 aliphatic carbocycles. The highest BCUT2D eigenvalue weighted by Crippen LogP contribution is 2.38. The summed E-state index contributed by atoms with van der Waals surface area (Å²) in [6.45, 7) is 0. The molecule has 3 aromatic heterocycles. The van der Waals surface area contributed by atoms with Crippen LogP contribution in [0.4, 0.5) is 0 Å². The molecule has 0 amide bonds. The van der Waals surface area contributed by atoms with Gasteiger partial charge in [-0.3, -0.25) is 0 Å². The largest absolute Gasteiger partial charge is 0.247 e. The molecule has 0 unspecified atom stereocenters. The van der Waals surface area contributed by atoms with E-state index in [-0.39, 0.29) is 0 Å². The minimum absolute atomic E-state index is 0.706. The van der Waals surface area contributed by atoms with E-state index in [1.807, 2.05) is 60.7 Å². The van der Waals surface area contributed by atoms with E-state index < -0.39 is 0 Å². The van der Waals surface area contributed by atoms with Crippen LogP contribution in [0.2, 0.25) is 0 Å². The van der Waals surface area contributed by atoms with E-state index >= 15 is 0 Å². The van der Waals surface area contributed by atoms with Gasteiger partial charge in [-0.05, 0) is 41.5 Å². The van der Waals surface area contributed by atoms with Gasteiger partial charge in [-0.2, -0.15) is 8.75 Å². The molecule has 0 saturated carbocycles. The smallest absolute Gasteiger partial charge is 0.160 e. The Morgan fingerprint density at radius 2 is 0.957 bits per heavy atom. The molecule has 0 atom stereocenters. The van der Waals surface area contributed by atoms with Gasteiger partial charge in [-0.15, -0.1) is 0 Å². The Labute approximate surface area is 275 Å². The van der Waals surface area contributed by atoms with Gasteiger partial charge in [0.1, 0.15) is 11.0 Å². The molecule has 0 fully saturated rings. The average molecular weight is 620 g/mol. The molecule has 9 rings (SSSR count). The van der Waals surface area contributed by atoms with E-state index in [4.69, 9.17) is 19.3 Å². The van der Waals surface area contributed by atoms with Crippen LogP contribution in [0.5, 0.6) is 0 Å². The molecule has 220 valence electrons. The van der Waals surface area contributed by atoms with Crippen molar-refractivity contribution in [1.82, 2.24) is 23.7 Å². The van der Waals surface area contributed by atoms with E-state index in [0.717, 1.165) is 83.2 Å². The fourth-order valence-electron chi connectivity index (χ4n) is 6.23. The van der Waals surface area contributed by atoms with Crippen LogP contribution in [0.1, 0.15) is 0 Å². The van der Waals surface area contributed by atoms with E-state index in [0.29, 0.717) is 5.82 Å². The van der Waals surface area contributed by atoms with Crippen LogP contribution in [-0.2, 0) is 0 Å². The predicted octanol–water partition coefficient (Wildman–Crippen LogP) is 10.5. The van der Waals surface area contributed by atoms with E-state index in [9.17, 15) is 0 Å². The highest BCUT2D eigenvalue weighted by Gasteiger charge is 2.16. The van der Waals surface area contributed by atoms with Gasteiger partial charge in [-0.25, -0.2) is 15.0 Å². The van der Waals surface area contributed by atoms with Crippen LogP contribution in [0.25, 0.3) is 89.0 Å². The average Bonchev–Trinajstić information content (AvgIpc) is 3.65. The minimum Gasteiger partial charge on any atom is -0.247 e. The van der Waals surface area contributed by atoms with Crippen LogP contribution in [0, 0.1) is 0 Å². The van der Waals surface area contributed by atoms with Gasteiger partial charge in [0.15, 0.2) is 5.82 Å². The van der Waals surface area contributed by atoms with E-state index in [2.05, 4.69) is 95.4 Å². The second-order valence-corrected chi connectivity index (χ2v) is 12.0. The van der Waals surface area contributed by atoms with Crippen molar-refractivity contribution in [3.8, 4) is 56.3 Å². The van der Waals surface area contributed by atoms with Crippen molar-refractivity contribution in [3.63, 3.8) is 0 Å². The molecule has 5 nitrogen and oxygen atoms in total. The van der Waals surface area contributed by atoms with Crippen molar-refractivity contribution in [1.29, 1.82) is 0 Å². The molecule has 9 aromatic rings. The third-order valence-electron chi connectivity index (χ3n) is 8.57. The van der Waals surface area contributed by atoms with Gasteiger partial charge in [0.2, 0.25) is 0 Å². The van der Waals surface area contributed by atoms with Crippen LogP contribution in [0.15, 0.2) is 152 Å². The molecule has 0 aliphatic rings. The van der Waals surface area contributed by atoms with Crippen molar-refractivity contribution < 1.29 is 0 Å². The number of nitrogens with zero attached hydrogens (tertiary/aromatic N) is 5. The Morgan fingerprint density at radius 1 is 0.383 bits per heavy atom. The van der Waals surface area contributed by atoms with Gasteiger partial charge in [0.05, 0.1) is 34.3 Å². The predicted molar refractivity (Wildman–Crippen MR) is 193 cm³/mol. The zero-order chi connectivity index (χ0) is 31.2. The van der Waals surface area contributed by atoms with Gasteiger partial charge in [-0.1, -0.05) is 121 Å². The molecule has 47 heavy (non-hydrogen) atoms. The van der Waals surface area contributed by atoms with Crippen molar-refractivity contribution in [2.24, 2.45) is 0 Å². The molecule has 6 heteroatoms. The summed E-state index contributed by atoms with van der Waals surface area (Å²) in [5, 5.41) is 3.22. The van der Waals surface area contributed by atoms with Crippen molar-refractivity contribution in [3.05, 3.63) is 152 Å². The van der Waals surface area contributed by atoms with Crippen LogP contribution in [-0.4, -0.2) is 23.7 Å². The number of aromatic nitrogens is 5. The lowest BCUT2D eigenvalue weighted by atomic mass is 9.95. The van der Waals surface area contributed by atoms with Gasteiger partial charge >= 0.3 is 0 Å². The number of fused-ring (bicyclic) bond motifs is 5. The summed E-state index contributed by atoms with van der Waals surface area (Å²) in [6.07, 6.45) is 0. The van der Waals surface area contributed by atoms with Gasteiger partial charge < -0.3 is 0 Å². The number of pyridine rings is 1. The maximum absolute atomic E-state index is 5.16. The zero-order valence-electron chi connectivity index (χ0n) is 25.1. The Morgan fingerprint density at radius 3 is 1.66 bits per heavy atom. The lowest BCUT2D eigenvalue weighted by molar-refractivity contribution is 1.18. The van der Waals surface area contributed by atoms with E-state index in [1.165, 1.54) is 11.7 Å². The first-order valence-corrected chi connectivity index (χ1v) is 16.2. The summed E-state index contributed by atoms with van der Waals surface area (Å²) in [7, 11) is 0. The maximum Gasteiger partial charge on any atom is 0.160 e. The van der Waals surface area contributed by atoms with Crippen LogP contribution >= 0.6 is 11.7 Å².